The predicted octanol–water partition coefficient (Wildman–Crippen LogP) is 2.46. The number of hydrogen-bond donors (Lipinski definition) is 2. The van der Waals surface area contributed by atoms with E-state index in [2.05, 4.69) is 15.5 Å². The zero-order valence-corrected chi connectivity index (χ0v) is 15.1. The first kappa shape index (κ1) is 19.2. The number of anilines is 1. The van der Waals surface area contributed by atoms with Crippen LogP contribution in [0.2, 0.25) is 5.02 Å². The van der Waals surface area contributed by atoms with Gasteiger partial charge in [-0.05, 0) is 19.8 Å². The Morgan fingerprint density at radius 1 is 1.37 bits per heavy atom. The summed E-state index contributed by atoms with van der Waals surface area (Å²) in [6.07, 6.45) is -2.02. The Kier molecular flexibility index (Phi) is 4.66. The van der Waals surface area contributed by atoms with Crippen LogP contribution in [0.4, 0.5) is 18.9 Å². The third kappa shape index (κ3) is 3.64. The summed E-state index contributed by atoms with van der Waals surface area (Å²) >= 11 is 5.92. The molecular formula is C15H16ClF3N6O2. The molecule has 1 fully saturated rings. The molecule has 3 N–H and O–H groups in total. The van der Waals surface area contributed by atoms with Crippen LogP contribution < -0.4 is 11.1 Å². The van der Waals surface area contributed by atoms with Crippen LogP contribution in [0.5, 0.6) is 0 Å². The van der Waals surface area contributed by atoms with Crippen molar-refractivity contribution in [1.82, 2.24) is 19.6 Å². The SMILES string of the molecule is CC(C(=O)Nc1cn(C)nc1C(N)=O)n1nc(C(F)(F)F)c(Cl)c1C1CC1. The van der Waals surface area contributed by atoms with Crippen LogP contribution in [0.25, 0.3) is 0 Å². The normalized spacial score (nSPS) is 15.6. The van der Waals surface area contributed by atoms with Crippen LogP contribution in [-0.2, 0) is 18.0 Å². The van der Waals surface area contributed by atoms with Crippen molar-refractivity contribution in [2.45, 2.75) is 37.9 Å². The Bertz CT molecular complexity index is 916. The lowest BCUT2D eigenvalue weighted by Gasteiger charge is -2.15. The largest absolute Gasteiger partial charge is 0.436 e. The topological polar surface area (TPSA) is 108 Å². The van der Waals surface area contributed by atoms with Gasteiger partial charge in [0.2, 0.25) is 5.91 Å². The van der Waals surface area contributed by atoms with Gasteiger partial charge in [-0.25, -0.2) is 0 Å². The highest BCUT2D eigenvalue weighted by molar-refractivity contribution is 6.32. The number of amides is 2. The van der Waals surface area contributed by atoms with Gasteiger partial charge in [-0.3, -0.25) is 19.0 Å². The summed E-state index contributed by atoms with van der Waals surface area (Å²) in [7, 11) is 1.53. The Labute approximate surface area is 156 Å². The number of nitrogens with zero attached hydrogens (tertiary/aromatic N) is 4. The number of carbonyl (C=O) groups is 2. The zero-order chi connectivity index (χ0) is 20.1. The van der Waals surface area contributed by atoms with Gasteiger partial charge in [0.05, 0.1) is 16.4 Å². The summed E-state index contributed by atoms with van der Waals surface area (Å²) in [5.74, 6) is -1.70. The molecule has 0 spiro atoms. The summed E-state index contributed by atoms with van der Waals surface area (Å²) < 4.78 is 41.8. The molecule has 1 saturated carbocycles. The van der Waals surface area contributed by atoms with E-state index in [0.29, 0.717) is 12.8 Å². The summed E-state index contributed by atoms with van der Waals surface area (Å²) in [6.45, 7) is 1.39. The molecule has 1 aliphatic carbocycles. The van der Waals surface area contributed by atoms with E-state index in [1.165, 1.54) is 24.9 Å². The third-order valence-electron chi connectivity index (χ3n) is 4.19. The van der Waals surface area contributed by atoms with Crippen LogP contribution in [0, 0.1) is 0 Å². The fourth-order valence-electron chi connectivity index (χ4n) is 2.74. The molecule has 3 rings (SSSR count). The average Bonchev–Trinajstić information content (AvgIpc) is 3.22. The van der Waals surface area contributed by atoms with Crippen LogP contribution in [0.3, 0.4) is 0 Å². The highest BCUT2D eigenvalue weighted by atomic mass is 35.5. The minimum atomic E-state index is -4.73. The van der Waals surface area contributed by atoms with Gasteiger partial charge in [0.15, 0.2) is 11.4 Å². The van der Waals surface area contributed by atoms with E-state index in [9.17, 15) is 22.8 Å². The lowest BCUT2D eigenvalue weighted by Crippen LogP contribution is -2.27. The third-order valence-corrected chi connectivity index (χ3v) is 4.56. The molecule has 2 heterocycles. The molecule has 0 aromatic carbocycles. The fourth-order valence-corrected chi connectivity index (χ4v) is 3.12. The van der Waals surface area contributed by atoms with Crippen molar-refractivity contribution < 1.29 is 22.8 Å². The minimum absolute atomic E-state index is 0.0594. The van der Waals surface area contributed by atoms with Crippen molar-refractivity contribution in [1.29, 1.82) is 0 Å². The maximum atomic E-state index is 13.2. The average molecular weight is 405 g/mol. The second-order valence-corrected chi connectivity index (χ2v) is 6.74. The van der Waals surface area contributed by atoms with Crippen molar-refractivity contribution in [2.75, 3.05) is 5.32 Å². The summed E-state index contributed by atoms with van der Waals surface area (Å²) in [4.78, 5) is 24.0. The number of primary amides is 1. The van der Waals surface area contributed by atoms with Crippen molar-refractivity contribution in [3.05, 3.63) is 28.3 Å². The maximum Gasteiger partial charge on any atom is 0.436 e. The molecule has 1 aliphatic rings. The molecule has 2 aromatic heterocycles. The van der Waals surface area contributed by atoms with Crippen molar-refractivity contribution in [3.63, 3.8) is 0 Å². The van der Waals surface area contributed by atoms with Gasteiger partial charge in [0.25, 0.3) is 5.91 Å². The minimum Gasteiger partial charge on any atom is -0.364 e. The van der Waals surface area contributed by atoms with Crippen LogP contribution in [0.15, 0.2) is 6.20 Å². The first-order valence-electron chi connectivity index (χ1n) is 8.00. The second kappa shape index (κ2) is 6.55. The lowest BCUT2D eigenvalue weighted by atomic mass is 10.2. The predicted molar refractivity (Wildman–Crippen MR) is 89.3 cm³/mol. The molecule has 12 heteroatoms. The highest BCUT2D eigenvalue weighted by Crippen LogP contribution is 2.47. The van der Waals surface area contributed by atoms with Crippen molar-refractivity contribution in [2.24, 2.45) is 12.8 Å². The van der Waals surface area contributed by atoms with Gasteiger partial charge < -0.3 is 11.1 Å². The number of nitrogens with one attached hydrogen (secondary N) is 1. The number of rotatable bonds is 5. The van der Waals surface area contributed by atoms with Crippen LogP contribution >= 0.6 is 11.6 Å². The van der Waals surface area contributed by atoms with E-state index < -0.39 is 34.7 Å². The first-order valence-corrected chi connectivity index (χ1v) is 8.38. The van der Waals surface area contributed by atoms with E-state index in [4.69, 9.17) is 17.3 Å². The standard InChI is InChI=1S/C15H16ClF3N6O2/c1-6(14(27)21-8-5-24(2)22-10(8)13(20)26)25-11(7-3-4-7)9(16)12(23-25)15(17,18)19/h5-7H,3-4H2,1-2H3,(H2,20,26)(H,21,27). The Balaban J connectivity index is 1.93. The van der Waals surface area contributed by atoms with Gasteiger partial charge in [0.1, 0.15) is 6.04 Å². The van der Waals surface area contributed by atoms with Gasteiger partial charge in [0, 0.05) is 19.2 Å². The van der Waals surface area contributed by atoms with Gasteiger partial charge in [-0.2, -0.15) is 23.4 Å². The van der Waals surface area contributed by atoms with E-state index in [1.54, 1.807) is 0 Å². The molecule has 0 aliphatic heterocycles. The Morgan fingerprint density at radius 2 is 2.00 bits per heavy atom. The van der Waals surface area contributed by atoms with E-state index in [-0.39, 0.29) is 23.0 Å². The highest BCUT2D eigenvalue weighted by Gasteiger charge is 2.43. The lowest BCUT2D eigenvalue weighted by molar-refractivity contribution is -0.141. The molecule has 146 valence electrons. The molecule has 1 unspecified atom stereocenters. The monoisotopic (exact) mass is 404 g/mol. The van der Waals surface area contributed by atoms with Crippen LogP contribution in [0.1, 0.15) is 53.6 Å². The number of carbonyl (C=O) groups excluding carboxylic acids is 2. The number of halogens is 4. The zero-order valence-electron chi connectivity index (χ0n) is 14.3. The molecule has 0 saturated heterocycles. The number of alkyl halides is 3. The quantitative estimate of drug-likeness (QED) is 0.797. The van der Waals surface area contributed by atoms with Gasteiger partial charge in [-0.1, -0.05) is 11.6 Å². The molecule has 2 amide bonds. The molecule has 8 nitrogen and oxygen atoms in total. The first-order chi connectivity index (χ1) is 12.5. The molecule has 27 heavy (non-hydrogen) atoms. The van der Waals surface area contributed by atoms with E-state index in [1.807, 2.05) is 0 Å². The smallest absolute Gasteiger partial charge is 0.364 e. The Morgan fingerprint density at radius 3 is 2.52 bits per heavy atom. The summed E-state index contributed by atoms with van der Waals surface area (Å²) in [6, 6.07) is -1.10. The summed E-state index contributed by atoms with van der Waals surface area (Å²) in [5.41, 5.74) is 4.08. The number of aromatic nitrogens is 4. The molecule has 0 bridgehead atoms. The number of hydrogen-bond acceptors (Lipinski definition) is 4. The summed E-state index contributed by atoms with van der Waals surface area (Å²) in [5, 5.41) is 9.36. The fraction of sp³-hybridized carbons (Fsp3) is 0.467. The van der Waals surface area contributed by atoms with Gasteiger partial charge >= 0.3 is 6.18 Å². The molecular weight excluding hydrogens is 389 g/mol. The maximum absolute atomic E-state index is 13.2. The van der Waals surface area contributed by atoms with Crippen molar-refractivity contribution in [3.8, 4) is 0 Å². The van der Waals surface area contributed by atoms with Crippen LogP contribution in [-0.4, -0.2) is 31.4 Å². The van der Waals surface area contributed by atoms with E-state index in [0.717, 1.165) is 4.68 Å². The number of aryl methyl sites for hydroxylation is 1. The molecule has 0 radical (unpaired) electrons. The number of nitrogens with two attached hydrogens (primary N) is 1. The van der Waals surface area contributed by atoms with Gasteiger partial charge in [-0.15, -0.1) is 0 Å². The molecule has 1 atom stereocenters. The van der Waals surface area contributed by atoms with E-state index >= 15 is 0 Å². The second-order valence-electron chi connectivity index (χ2n) is 6.36. The Hall–Kier alpha value is -2.56. The van der Waals surface area contributed by atoms with Crippen molar-refractivity contribution >= 4 is 29.1 Å². The molecule has 2 aromatic rings.